The summed E-state index contributed by atoms with van der Waals surface area (Å²) < 4.78 is 0. The number of hydrogen-bond donors (Lipinski definition) is 1. The van der Waals surface area contributed by atoms with Gasteiger partial charge in [0, 0.05) is 15.8 Å². The summed E-state index contributed by atoms with van der Waals surface area (Å²) in [4.78, 5) is 2.95. The molecule has 1 aromatic heterocycles. The van der Waals surface area contributed by atoms with E-state index < -0.39 is 0 Å². The highest BCUT2D eigenvalue weighted by Crippen LogP contribution is 2.41. The molecule has 1 aliphatic carbocycles. The minimum atomic E-state index is 0.584. The van der Waals surface area contributed by atoms with Crippen LogP contribution in [-0.2, 0) is 0 Å². The van der Waals surface area contributed by atoms with Gasteiger partial charge in [-0.05, 0) is 44.4 Å². The lowest BCUT2D eigenvalue weighted by atomic mass is 9.89. The predicted molar refractivity (Wildman–Crippen MR) is 67.4 cm³/mol. The molecule has 1 nitrogen and oxygen atoms in total. The summed E-state index contributed by atoms with van der Waals surface area (Å²) in [5.74, 6) is 1.72. The molecule has 1 saturated carbocycles. The first-order valence-electron chi connectivity index (χ1n) is 5.96. The third kappa shape index (κ3) is 2.26. The Labute approximate surface area is 96.9 Å². The van der Waals surface area contributed by atoms with Crippen LogP contribution in [0.4, 0.5) is 0 Å². The van der Waals surface area contributed by atoms with E-state index in [2.05, 4.69) is 38.3 Å². The molecule has 0 aromatic carbocycles. The molecule has 1 heterocycles. The van der Waals surface area contributed by atoms with Crippen molar-refractivity contribution in [3.8, 4) is 0 Å². The van der Waals surface area contributed by atoms with E-state index in [1.165, 1.54) is 29.0 Å². The molecular weight excluding hydrogens is 202 g/mol. The van der Waals surface area contributed by atoms with Gasteiger partial charge in [0.05, 0.1) is 0 Å². The Bertz CT molecular complexity index is 318. The average molecular weight is 223 g/mol. The lowest BCUT2D eigenvalue weighted by Crippen LogP contribution is -2.26. The first-order chi connectivity index (χ1) is 7.22. The van der Waals surface area contributed by atoms with Crippen LogP contribution >= 0.6 is 11.3 Å². The first kappa shape index (κ1) is 11.2. The van der Waals surface area contributed by atoms with Crippen LogP contribution in [0, 0.1) is 18.8 Å². The molecule has 3 unspecified atom stereocenters. The minimum Gasteiger partial charge on any atom is -0.312 e. The Balaban J connectivity index is 2.16. The van der Waals surface area contributed by atoms with Crippen molar-refractivity contribution in [2.24, 2.45) is 11.8 Å². The summed E-state index contributed by atoms with van der Waals surface area (Å²) in [6.07, 6.45) is 4.21. The van der Waals surface area contributed by atoms with Crippen molar-refractivity contribution >= 4 is 11.3 Å². The molecule has 0 bridgehead atoms. The molecule has 84 valence electrons. The van der Waals surface area contributed by atoms with Crippen molar-refractivity contribution in [3.63, 3.8) is 0 Å². The van der Waals surface area contributed by atoms with Gasteiger partial charge in [-0.3, -0.25) is 0 Å². The summed E-state index contributed by atoms with van der Waals surface area (Å²) in [5.41, 5.74) is 0. The highest BCUT2D eigenvalue weighted by molar-refractivity contribution is 7.12. The summed E-state index contributed by atoms with van der Waals surface area (Å²) in [7, 11) is 2.10. The number of rotatable bonds is 3. The van der Waals surface area contributed by atoms with Crippen LogP contribution in [0.5, 0.6) is 0 Å². The fraction of sp³-hybridized carbons (Fsp3) is 0.692. The fourth-order valence-electron chi connectivity index (χ4n) is 2.86. The molecule has 1 aliphatic rings. The molecule has 0 amide bonds. The molecule has 0 radical (unpaired) electrons. The zero-order valence-electron chi connectivity index (χ0n) is 9.92. The van der Waals surface area contributed by atoms with Gasteiger partial charge in [0.2, 0.25) is 0 Å². The fourth-order valence-corrected chi connectivity index (χ4v) is 3.92. The number of thiophene rings is 1. The minimum absolute atomic E-state index is 0.584. The summed E-state index contributed by atoms with van der Waals surface area (Å²) in [6.45, 7) is 4.60. The van der Waals surface area contributed by atoms with Gasteiger partial charge < -0.3 is 5.32 Å². The zero-order valence-corrected chi connectivity index (χ0v) is 10.7. The Hall–Kier alpha value is -0.340. The smallest absolute Gasteiger partial charge is 0.0443 e. The second kappa shape index (κ2) is 4.67. The third-order valence-electron chi connectivity index (χ3n) is 3.73. The van der Waals surface area contributed by atoms with E-state index in [9.17, 15) is 0 Å². The molecule has 1 fully saturated rings. The van der Waals surface area contributed by atoms with Gasteiger partial charge in [0.15, 0.2) is 0 Å². The van der Waals surface area contributed by atoms with E-state index in [-0.39, 0.29) is 0 Å². The van der Waals surface area contributed by atoms with Gasteiger partial charge in [0.1, 0.15) is 0 Å². The molecule has 0 saturated heterocycles. The second-order valence-electron chi connectivity index (χ2n) is 4.79. The van der Waals surface area contributed by atoms with E-state index in [0.717, 1.165) is 11.8 Å². The summed E-state index contributed by atoms with van der Waals surface area (Å²) in [6, 6.07) is 5.12. The van der Waals surface area contributed by atoms with Crippen LogP contribution in [-0.4, -0.2) is 7.05 Å². The van der Waals surface area contributed by atoms with Crippen LogP contribution in [0.2, 0.25) is 0 Å². The third-order valence-corrected chi connectivity index (χ3v) is 4.82. The number of nitrogens with one attached hydrogen (secondary N) is 1. The van der Waals surface area contributed by atoms with E-state index in [4.69, 9.17) is 0 Å². The van der Waals surface area contributed by atoms with E-state index in [1.54, 1.807) is 0 Å². The highest BCUT2D eigenvalue weighted by atomic mass is 32.1. The van der Waals surface area contributed by atoms with Gasteiger partial charge in [-0.15, -0.1) is 11.3 Å². The Morgan fingerprint density at radius 1 is 1.40 bits per heavy atom. The van der Waals surface area contributed by atoms with Gasteiger partial charge in [-0.25, -0.2) is 0 Å². The predicted octanol–water partition coefficient (Wildman–Crippen LogP) is 3.75. The maximum atomic E-state index is 3.51. The summed E-state index contributed by atoms with van der Waals surface area (Å²) in [5, 5.41) is 3.51. The molecule has 1 N–H and O–H groups in total. The first-order valence-corrected chi connectivity index (χ1v) is 6.77. The van der Waals surface area contributed by atoms with Gasteiger partial charge in [0.25, 0.3) is 0 Å². The van der Waals surface area contributed by atoms with Crippen LogP contribution < -0.4 is 5.32 Å². The van der Waals surface area contributed by atoms with Crippen molar-refractivity contribution in [1.82, 2.24) is 5.32 Å². The molecule has 2 heteroatoms. The van der Waals surface area contributed by atoms with Crippen LogP contribution in [0.1, 0.15) is 42.0 Å². The molecular formula is C13H21NS. The molecule has 3 atom stereocenters. The SMILES string of the molecule is CNC(c1ccc(C)s1)C1CCCC1C. The molecule has 0 aliphatic heterocycles. The van der Waals surface area contributed by atoms with E-state index in [0.29, 0.717) is 6.04 Å². The lowest BCUT2D eigenvalue weighted by Gasteiger charge is -2.25. The standard InChI is InChI=1S/C13H21NS/c1-9-5-4-6-11(9)13(14-3)12-8-7-10(2)15-12/h7-9,11,13-14H,4-6H2,1-3H3. The Morgan fingerprint density at radius 2 is 2.20 bits per heavy atom. The number of hydrogen-bond acceptors (Lipinski definition) is 2. The van der Waals surface area contributed by atoms with Crippen molar-refractivity contribution in [3.05, 3.63) is 21.9 Å². The van der Waals surface area contributed by atoms with Crippen molar-refractivity contribution in [2.75, 3.05) is 7.05 Å². The topological polar surface area (TPSA) is 12.0 Å². The van der Waals surface area contributed by atoms with Crippen LogP contribution in [0.15, 0.2) is 12.1 Å². The van der Waals surface area contributed by atoms with Crippen molar-refractivity contribution in [2.45, 2.75) is 39.2 Å². The lowest BCUT2D eigenvalue weighted by molar-refractivity contribution is 0.319. The summed E-state index contributed by atoms with van der Waals surface area (Å²) >= 11 is 1.95. The number of aryl methyl sites for hydroxylation is 1. The monoisotopic (exact) mass is 223 g/mol. The van der Waals surface area contributed by atoms with Crippen molar-refractivity contribution < 1.29 is 0 Å². The largest absolute Gasteiger partial charge is 0.312 e. The average Bonchev–Trinajstić information content (AvgIpc) is 2.79. The molecule has 2 rings (SSSR count). The van der Waals surface area contributed by atoms with Crippen LogP contribution in [0.3, 0.4) is 0 Å². The molecule has 1 aromatic rings. The second-order valence-corrected chi connectivity index (χ2v) is 6.11. The Kier molecular flexibility index (Phi) is 3.47. The quantitative estimate of drug-likeness (QED) is 0.823. The van der Waals surface area contributed by atoms with Gasteiger partial charge in [-0.2, -0.15) is 0 Å². The normalized spacial score (nSPS) is 28.2. The Morgan fingerprint density at radius 3 is 2.67 bits per heavy atom. The maximum Gasteiger partial charge on any atom is 0.0443 e. The molecule has 0 spiro atoms. The van der Waals surface area contributed by atoms with Gasteiger partial charge >= 0.3 is 0 Å². The zero-order chi connectivity index (χ0) is 10.8. The van der Waals surface area contributed by atoms with Gasteiger partial charge in [-0.1, -0.05) is 19.8 Å². The van der Waals surface area contributed by atoms with E-state index in [1.807, 2.05) is 11.3 Å². The molecule has 15 heavy (non-hydrogen) atoms. The van der Waals surface area contributed by atoms with Crippen LogP contribution in [0.25, 0.3) is 0 Å². The maximum absolute atomic E-state index is 3.51. The van der Waals surface area contributed by atoms with E-state index >= 15 is 0 Å². The van der Waals surface area contributed by atoms with Crippen molar-refractivity contribution in [1.29, 1.82) is 0 Å². The highest BCUT2D eigenvalue weighted by Gasteiger charge is 2.31.